The van der Waals surface area contributed by atoms with E-state index in [2.05, 4.69) is 224 Å². The largest absolute Gasteiger partial charge is 0.456 e. The molecule has 0 fully saturated rings. The van der Waals surface area contributed by atoms with Gasteiger partial charge in [0.05, 0.1) is 27.8 Å². The molecule has 0 bridgehead atoms. The van der Waals surface area contributed by atoms with Crippen molar-refractivity contribution in [2.75, 3.05) is 4.81 Å². The van der Waals surface area contributed by atoms with Crippen molar-refractivity contribution in [3.63, 3.8) is 0 Å². The molecule has 5 heterocycles. The minimum atomic E-state index is -0.148. The lowest BCUT2D eigenvalue weighted by molar-refractivity contribution is 0.332. The highest BCUT2D eigenvalue weighted by atomic mass is 16.3. The van der Waals surface area contributed by atoms with Crippen LogP contribution in [0.3, 0.4) is 0 Å². The zero-order valence-corrected chi connectivity index (χ0v) is 39.0. The van der Waals surface area contributed by atoms with Gasteiger partial charge in [-0.05, 0) is 124 Å². The number of benzene rings is 9. The maximum Gasteiger partial charge on any atom is 0.333 e. The second-order valence-corrected chi connectivity index (χ2v) is 21.2. The van der Waals surface area contributed by atoms with Crippen molar-refractivity contribution in [3.8, 4) is 33.8 Å². The number of furan rings is 1. The smallest absolute Gasteiger partial charge is 0.333 e. The summed E-state index contributed by atoms with van der Waals surface area (Å²) < 4.78 is 12.1. The molecule has 2 aliphatic heterocycles. The van der Waals surface area contributed by atoms with E-state index in [4.69, 9.17) is 4.42 Å². The van der Waals surface area contributed by atoms with Gasteiger partial charge in [0, 0.05) is 61.2 Å². The molecule has 68 heavy (non-hydrogen) atoms. The second kappa shape index (κ2) is 13.2. The lowest BCUT2D eigenvalue weighted by Gasteiger charge is -2.46. The summed E-state index contributed by atoms with van der Waals surface area (Å²) in [6.45, 7) is 11.9. The number of nitrogens with zero attached hydrogens (tertiary/aromatic N) is 3. The van der Waals surface area contributed by atoms with E-state index in [9.17, 15) is 0 Å². The molecular formula is C63H48BN3O. The van der Waals surface area contributed by atoms with Crippen LogP contribution in [0.4, 0.5) is 11.4 Å². The third-order valence-electron chi connectivity index (χ3n) is 16.4. The van der Waals surface area contributed by atoms with E-state index in [-0.39, 0.29) is 17.7 Å². The maximum absolute atomic E-state index is 6.90. The zero-order chi connectivity index (χ0) is 45.4. The molecule has 0 amide bonds. The van der Waals surface area contributed by atoms with Crippen LogP contribution in [0.2, 0.25) is 0 Å². The predicted octanol–water partition coefficient (Wildman–Crippen LogP) is 15.3. The van der Waals surface area contributed by atoms with Crippen molar-refractivity contribution in [2.24, 2.45) is 0 Å². The molecule has 0 radical (unpaired) electrons. The molecule has 5 heteroatoms. The molecule has 324 valence electrons. The molecule has 1 aliphatic carbocycles. The first kappa shape index (κ1) is 38.4. The molecule has 9 aromatic carbocycles. The normalized spacial score (nSPS) is 15.5. The summed E-state index contributed by atoms with van der Waals surface area (Å²) >= 11 is 0. The fourth-order valence-electron chi connectivity index (χ4n) is 12.9. The molecule has 0 saturated heterocycles. The summed E-state index contributed by atoms with van der Waals surface area (Å²) in [5.41, 5.74) is 21.1. The molecule has 0 spiro atoms. The fraction of sp³-hybridized carbons (Fsp3) is 0.143. The molecule has 15 rings (SSSR count). The van der Waals surface area contributed by atoms with Gasteiger partial charge >= 0.3 is 6.85 Å². The van der Waals surface area contributed by atoms with Gasteiger partial charge in [-0.2, -0.15) is 0 Å². The molecule has 4 nitrogen and oxygen atoms in total. The highest BCUT2D eigenvalue weighted by Crippen LogP contribution is 2.54. The molecule has 0 saturated carbocycles. The lowest BCUT2D eigenvalue weighted by atomic mass is 9.43. The first-order chi connectivity index (χ1) is 33.1. The van der Waals surface area contributed by atoms with Crippen LogP contribution in [0.15, 0.2) is 180 Å². The highest BCUT2D eigenvalue weighted by Gasteiger charge is 2.47. The Bertz CT molecular complexity index is 4110. The number of aromatic nitrogens is 2. The zero-order valence-electron chi connectivity index (χ0n) is 39.0. The van der Waals surface area contributed by atoms with E-state index in [1.807, 2.05) is 0 Å². The number of fused-ring (bicyclic) bond motifs is 15. The lowest BCUT2D eigenvalue weighted by Crippen LogP contribution is -2.60. The molecular weight excluding hydrogens is 826 g/mol. The Labute approximate surface area is 395 Å². The predicted molar refractivity (Wildman–Crippen MR) is 287 cm³/mol. The summed E-state index contributed by atoms with van der Waals surface area (Å²) in [6, 6.07) is 66.4. The minimum Gasteiger partial charge on any atom is -0.456 e. The van der Waals surface area contributed by atoms with Crippen LogP contribution in [0.5, 0.6) is 0 Å². The first-order valence-electron chi connectivity index (χ1n) is 24.3. The third-order valence-corrected chi connectivity index (χ3v) is 16.4. The van der Waals surface area contributed by atoms with Crippen molar-refractivity contribution in [2.45, 2.75) is 58.3 Å². The molecule has 0 unspecified atom stereocenters. The van der Waals surface area contributed by atoms with Gasteiger partial charge in [-0.1, -0.05) is 149 Å². The SMILES string of the molecule is Cc1ccc(N2B3c4cc5cc(-c6ccccc6)oc5cc4-n4c5ccc6ccccc6c5c5c(-n6c7ccccc7c7ccccc76)cc(c3c54)-c3cc4c(cc32)C(C)(C)CCC4(C)C)cc1. The van der Waals surface area contributed by atoms with E-state index in [1.54, 1.807) is 0 Å². The maximum atomic E-state index is 6.90. The fourth-order valence-corrected chi connectivity index (χ4v) is 12.9. The van der Waals surface area contributed by atoms with Crippen LogP contribution in [0.1, 0.15) is 57.2 Å². The summed E-state index contributed by atoms with van der Waals surface area (Å²) in [7, 11) is 0. The molecule has 12 aromatic rings. The number of para-hydroxylation sites is 2. The summed E-state index contributed by atoms with van der Waals surface area (Å²) in [5, 5.41) is 8.66. The van der Waals surface area contributed by atoms with Crippen LogP contribution in [-0.4, -0.2) is 16.0 Å². The monoisotopic (exact) mass is 873 g/mol. The molecule has 0 N–H and O–H groups in total. The third kappa shape index (κ3) is 5.01. The van der Waals surface area contributed by atoms with E-state index in [0.717, 1.165) is 40.8 Å². The van der Waals surface area contributed by atoms with Crippen molar-refractivity contribution >= 4 is 94.5 Å². The Morgan fingerprint density at radius 3 is 1.90 bits per heavy atom. The topological polar surface area (TPSA) is 26.2 Å². The number of anilines is 2. The van der Waals surface area contributed by atoms with Gasteiger partial charge in [0.25, 0.3) is 0 Å². The van der Waals surface area contributed by atoms with Gasteiger partial charge in [0.1, 0.15) is 11.3 Å². The van der Waals surface area contributed by atoms with Gasteiger partial charge in [0.2, 0.25) is 0 Å². The Morgan fingerprint density at radius 2 is 1.16 bits per heavy atom. The van der Waals surface area contributed by atoms with Crippen LogP contribution in [-0.2, 0) is 10.8 Å². The van der Waals surface area contributed by atoms with Gasteiger partial charge in [-0.15, -0.1) is 0 Å². The van der Waals surface area contributed by atoms with Crippen molar-refractivity contribution < 1.29 is 4.42 Å². The molecule has 0 atom stereocenters. The van der Waals surface area contributed by atoms with Gasteiger partial charge in [0.15, 0.2) is 0 Å². The van der Waals surface area contributed by atoms with Crippen LogP contribution < -0.4 is 15.7 Å². The van der Waals surface area contributed by atoms with E-state index >= 15 is 0 Å². The van der Waals surface area contributed by atoms with Crippen LogP contribution in [0, 0.1) is 6.92 Å². The first-order valence-corrected chi connectivity index (χ1v) is 24.3. The molecule has 3 aliphatic rings. The van der Waals surface area contributed by atoms with Gasteiger partial charge < -0.3 is 18.4 Å². The standard InChI is InChI=1S/C63H48BN3O/c1-37-23-26-41(27-24-37)67-53-35-48-47(62(2,3)29-30-63(48,4)5)33-45(53)46-34-55(65-50-21-13-11-19-43(50)44-20-12-14-22-51(44)65)59-58-42-18-10-9-15-38(42)25-28-52(58)66-54-36-57-40(31-49(54)64(67)60(46)61(59)66)32-56(68-57)39-16-7-6-8-17-39/h6-28,31-36H,29-30H2,1-5H3. The Hall–Kier alpha value is -7.76. The highest BCUT2D eigenvalue weighted by molar-refractivity contribution is 6.94. The van der Waals surface area contributed by atoms with Crippen molar-refractivity contribution in [1.82, 2.24) is 9.13 Å². The number of rotatable bonds is 3. The quantitative estimate of drug-likeness (QED) is 0.165. The number of hydrogen-bond acceptors (Lipinski definition) is 2. The van der Waals surface area contributed by atoms with Crippen LogP contribution >= 0.6 is 0 Å². The van der Waals surface area contributed by atoms with Crippen molar-refractivity contribution in [1.29, 1.82) is 0 Å². The second-order valence-electron chi connectivity index (χ2n) is 21.2. The van der Waals surface area contributed by atoms with Gasteiger partial charge in [-0.25, -0.2) is 0 Å². The number of hydrogen-bond donors (Lipinski definition) is 0. The van der Waals surface area contributed by atoms with Gasteiger partial charge in [-0.3, -0.25) is 0 Å². The van der Waals surface area contributed by atoms with E-state index < -0.39 is 0 Å². The van der Waals surface area contributed by atoms with Crippen molar-refractivity contribution in [3.05, 3.63) is 193 Å². The average molecular weight is 874 g/mol. The van der Waals surface area contributed by atoms with E-state index in [1.165, 1.54) is 110 Å². The summed E-state index contributed by atoms with van der Waals surface area (Å²) in [4.78, 5) is 2.71. The summed E-state index contributed by atoms with van der Waals surface area (Å²) in [5.74, 6) is 0.879. The van der Waals surface area contributed by atoms with Crippen LogP contribution in [0.25, 0.3) is 99.2 Å². The minimum absolute atomic E-state index is 0.0198. The Kier molecular flexibility index (Phi) is 7.46. The Balaban J connectivity index is 1.19. The Morgan fingerprint density at radius 1 is 0.500 bits per heavy atom. The number of aryl methyl sites for hydroxylation is 1. The molecule has 3 aromatic heterocycles. The van der Waals surface area contributed by atoms with E-state index in [0.29, 0.717) is 0 Å². The summed E-state index contributed by atoms with van der Waals surface area (Å²) in [6.07, 6.45) is 2.29. The average Bonchev–Trinajstić information content (AvgIpc) is 4.05.